The Morgan fingerprint density at radius 2 is 1.80 bits per heavy atom. The molecule has 0 atom stereocenters. The lowest BCUT2D eigenvalue weighted by Gasteiger charge is -2.29. The second-order valence-electron chi connectivity index (χ2n) is 3.95. The summed E-state index contributed by atoms with van der Waals surface area (Å²) in [6.07, 6.45) is 0.489. The van der Waals surface area contributed by atoms with Crippen molar-refractivity contribution >= 4 is 16.0 Å². The van der Waals surface area contributed by atoms with Crippen molar-refractivity contribution in [2.75, 3.05) is 26.2 Å². The average Bonchev–Trinajstić information content (AvgIpc) is 3.00. The molecule has 86 valence electrons. The van der Waals surface area contributed by atoms with Crippen LogP contribution < -0.4 is 5.32 Å². The first-order valence-electron chi connectivity index (χ1n) is 4.94. The average molecular weight is 234 g/mol. The molecule has 0 aromatic carbocycles. The Morgan fingerprint density at radius 3 is 2.20 bits per heavy atom. The number of carboxylic acid groups (broad SMARTS) is 1. The van der Waals surface area contributed by atoms with Crippen molar-refractivity contribution in [3.05, 3.63) is 0 Å². The largest absolute Gasteiger partial charge is 0.480 e. The van der Waals surface area contributed by atoms with Gasteiger partial charge in [-0.05, 0) is 12.8 Å². The number of carbonyl (C=O) groups is 1. The van der Waals surface area contributed by atoms with E-state index in [0.29, 0.717) is 26.2 Å². The summed E-state index contributed by atoms with van der Waals surface area (Å²) in [5, 5.41) is 12.0. The van der Waals surface area contributed by atoms with E-state index in [9.17, 15) is 13.2 Å². The lowest BCUT2D eigenvalue weighted by atomic mass is 10.4. The fourth-order valence-corrected chi connectivity index (χ4v) is 3.82. The van der Waals surface area contributed by atoms with E-state index in [2.05, 4.69) is 5.32 Å². The van der Waals surface area contributed by atoms with Gasteiger partial charge in [0.05, 0.1) is 0 Å². The predicted octanol–water partition coefficient (Wildman–Crippen LogP) is -1.16. The number of nitrogens with zero attached hydrogens (tertiary/aromatic N) is 1. The van der Waals surface area contributed by atoms with Gasteiger partial charge in [-0.15, -0.1) is 0 Å². The van der Waals surface area contributed by atoms with Crippen LogP contribution in [0, 0.1) is 0 Å². The molecule has 1 saturated carbocycles. The molecule has 0 unspecified atom stereocenters. The minimum atomic E-state index is -3.66. The molecule has 0 aromatic rings. The van der Waals surface area contributed by atoms with E-state index >= 15 is 0 Å². The van der Waals surface area contributed by atoms with Crippen molar-refractivity contribution in [1.29, 1.82) is 0 Å². The minimum absolute atomic E-state index is 0.245. The number of sulfonamides is 1. The maximum atomic E-state index is 12.0. The first-order chi connectivity index (χ1) is 7.01. The molecule has 0 radical (unpaired) electrons. The van der Waals surface area contributed by atoms with Crippen molar-refractivity contribution in [2.45, 2.75) is 17.6 Å². The molecule has 1 saturated heterocycles. The summed E-state index contributed by atoms with van der Waals surface area (Å²) >= 11 is 0. The van der Waals surface area contributed by atoms with Crippen molar-refractivity contribution in [3.8, 4) is 0 Å². The van der Waals surface area contributed by atoms with Gasteiger partial charge in [-0.25, -0.2) is 8.42 Å². The van der Waals surface area contributed by atoms with E-state index in [1.807, 2.05) is 0 Å². The van der Waals surface area contributed by atoms with Gasteiger partial charge in [-0.2, -0.15) is 4.31 Å². The molecule has 2 aliphatic rings. The molecule has 0 spiro atoms. The van der Waals surface area contributed by atoms with Crippen molar-refractivity contribution < 1.29 is 18.3 Å². The van der Waals surface area contributed by atoms with Crippen LogP contribution in [-0.2, 0) is 14.8 Å². The van der Waals surface area contributed by atoms with Crippen LogP contribution in [0.5, 0.6) is 0 Å². The number of carboxylic acids is 1. The second-order valence-corrected chi connectivity index (χ2v) is 6.20. The van der Waals surface area contributed by atoms with E-state index in [0.717, 1.165) is 0 Å². The molecule has 0 bridgehead atoms. The van der Waals surface area contributed by atoms with E-state index < -0.39 is 20.7 Å². The fraction of sp³-hybridized carbons (Fsp3) is 0.875. The molecule has 0 aromatic heterocycles. The lowest BCUT2D eigenvalue weighted by molar-refractivity contribution is -0.137. The molecule has 6 nitrogen and oxygen atoms in total. The second kappa shape index (κ2) is 3.43. The Kier molecular flexibility index (Phi) is 2.48. The highest BCUT2D eigenvalue weighted by atomic mass is 32.2. The van der Waals surface area contributed by atoms with E-state index in [1.54, 1.807) is 0 Å². The van der Waals surface area contributed by atoms with E-state index in [1.165, 1.54) is 4.31 Å². The SMILES string of the molecule is O=C(O)C1(S(=O)(=O)N2CCNCC2)CC1. The van der Waals surface area contributed by atoms with Gasteiger partial charge in [0, 0.05) is 26.2 Å². The van der Waals surface area contributed by atoms with Gasteiger partial charge in [0.15, 0.2) is 4.75 Å². The standard InChI is InChI=1S/C8H14N2O4S/c11-7(12)8(1-2-8)15(13,14)10-5-3-9-4-6-10/h9H,1-6H2,(H,11,12). The van der Waals surface area contributed by atoms with E-state index in [4.69, 9.17) is 5.11 Å². The molecular formula is C8H14N2O4S. The summed E-state index contributed by atoms with van der Waals surface area (Å²) in [6, 6.07) is 0. The highest BCUT2D eigenvalue weighted by Crippen LogP contribution is 2.45. The Morgan fingerprint density at radius 1 is 1.27 bits per heavy atom. The van der Waals surface area contributed by atoms with Crippen LogP contribution in [0.1, 0.15) is 12.8 Å². The molecule has 1 aliphatic heterocycles. The highest BCUT2D eigenvalue weighted by Gasteiger charge is 2.63. The first kappa shape index (κ1) is 10.8. The smallest absolute Gasteiger partial charge is 0.326 e. The lowest BCUT2D eigenvalue weighted by Crippen LogP contribution is -2.52. The van der Waals surface area contributed by atoms with Crippen molar-refractivity contribution in [1.82, 2.24) is 9.62 Å². The van der Waals surface area contributed by atoms with Crippen LogP contribution >= 0.6 is 0 Å². The normalized spacial score (nSPS) is 26.1. The number of rotatable bonds is 3. The summed E-state index contributed by atoms with van der Waals surface area (Å²) < 4.78 is 23.8. The summed E-state index contributed by atoms with van der Waals surface area (Å²) in [6.45, 7) is 1.93. The zero-order valence-electron chi connectivity index (χ0n) is 8.27. The molecule has 0 amide bonds. The Bertz CT molecular complexity index is 368. The van der Waals surface area contributed by atoms with Gasteiger partial charge in [0.1, 0.15) is 0 Å². The fourth-order valence-electron chi connectivity index (χ4n) is 1.83. The van der Waals surface area contributed by atoms with Crippen LogP contribution in [0.2, 0.25) is 0 Å². The quantitative estimate of drug-likeness (QED) is 0.643. The summed E-state index contributed by atoms with van der Waals surface area (Å²) in [5.74, 6) is -1.21. The number of hydrogen-bond donors (Lipinski definition) is 2. The molecule has 2 rings (SSSR count). The van der Waals surface area contributed by atoms with Crippen LogP contribution in [0.15, 0.2) is 0 Å². The number of aliphatic carboxylic acids is 1. The first-order valence-corrected chi connectivity index (χ1v) is 6.38. The Hall–Kier alpha value is -0.660. The molecule has 7 heteroatoms. The van der Waals surface area contributed by atoms with Gasteiger partial charge in [0.2, 0.25) is 10.0 Å². The molecule has 1 aliphatic carbocycles. The van der Waals surface area contributed by atoms with Crippen molar-refractivity contribution in [2.24, 2.45) is 0 Å². The van der Waals surface area contributed by atoms with Crippen LogP contribution in [0.3, 0.4) is 0 Å². The van der Waals surface area contributed by atoms with Gasteiger partial charge < -0.3 is 10.4 Å². The van der Waals surface area contributed by atoms with Crippen LogP contribution in [0.4, 0.5) is 0 Å². The number of nitrogens with one attached hydrogen (secondary N) is 1. The maximum absolute atomic E-state index is 12.0. The van der Waals surface area contributed by atoms with Crippen LogP contribution in [0.25, 0.3) is 0 Å². The maximum Gasteiger partial charge on any atom is 0.326 e. The molecule has 15 heavy (non-hydrogen) atoms. The predicted molar refractivity (Wildman–Crippen MR) is 53.0 cm³/mol. The molecule has 2 fully saturated rings. The number of hydrogen-bond acceptors (Lipinski definition) is 4. The van der Waals surface area contributed by atoms with Gasteiger partial charge in [0.25, 0.3) is 0 Å². The topological polar surface area (TPSA) is 86.7 Å². The van der Waals surface area contributed by atoms with Crippen molar-refractivity contribution in [3.63, 3.8) is 0 Å². The van der Waals surface area contributed by atoms with Gasteiger partial charge >= 0.3 is 5.97 Å². The monoisotopic (exact) mass is 234 g/mol. The third kappa shape index (κ3) is 1.54. The summed E-state index contributed by atoms with van der Waals surface area (Å²) in [7, 11) is -3.66. The zero-order valence-corrected chi connectivity index (χ0v) is 9.09. The third-order valence-corrected chi connectivity index (χ3v) is 5.62. The van der Waals surface area contributed by atoms with Gasteiger partial charge in [-0.1, -0.05) is 0 Å². The molecular weight excluding hydrogens is 220 g/mol. The third-order valence-electron chi connectivity index (χ3n) is 3.00. The summed E-state index contributed by atoms with van der Waals surface area (Å²) in [4.78, 5) is 11.0. The molecule has 1 heterocycles. The van der Waals surface area contributed by atoms with Gasteiger partial charge in [-0.3, -0.25) is 4.79 Å². The minimum Gasteiger partial charge on any atom is -0.480 e. The summed E-state index contributed by atoms with van der Waals surface area (Å²) in [5.41, 5.74) is 0. The highest BCUT2D eigenvalue weighted by molar-refractivity contribution is 7.91. The van der Waals surface area contributed by atoms with Crippen LogP contribution in [-0.4, -0.2) is 54.7 Å². The zero-order chi connectivity index (χ0) is 11.1. The van der Waals surface area contributed by atoms with E-state index in [-0.39, 0.29) is 12.8 Å². The Balaban J connectivity index is 2.23. The number of piperazine rings is 1. The molecule has 2 N–H and O–H groups in total. The Labute approximate surface area is 88.3 Å².